The maximum atomic E-state index is 11.8. The molecular formula is C16H14N2O4. The summed E-state index contributed by atoms with van der Waals surface area (Å²) >= 11 is 0. The largest absolute Gasteiger partial charge is 0.417 e. The van der Waals surface area contributed by atoms with E-state index in [2.05, 4.69) is 5.32 Å². The Morgan fingerprint density at radius 1 is 1.09 bits per heavy atom. The Kier molecular flexibility index (Phi) is 3.74. The van der Waals surface area contributed by atoms with Gasteiger partial charge in [0.05, 0.1) is 4.92 Å². The van der Waals surface area contributed by atoms with E-state index in [1.165, 1.54) is 35.4 Å². The number of hydrogen-bond donors (Lipinski definition) is 1. The number of nitro benzene ring substituents is 1. The normalized spacial score (nSPS) is 12.5. The molecule has 3 rings (SSSR count). The smallest absolute Gasteiger partial charge is 0.410 e. The molecule has 0 atom stereocenters. The summed E-state index contributed by atoms with van der Waals surface area (Å²) in [5, 5.41) is 13.2. The van der Waals surface area contributed by atoms with Gasteiger partial charge >= 0.3 is 6.09 Å². The predicted molar refractivity (Wildman–Crippen MR) is 81.2 cm³/mol. The Labute approximate surface area is 126 Å². The molecule has 112 valence electrons. The van der Waals surface area contributed by atoms with Gasteiger partial charge in [-0.15, -0.1) is 0 Å². The molecular weight excluding hydrogens is 284 g/mol. The molecule has 0 bridgehead atoms. The Morgan fingerprint density at radius 3 is 2.55 bits per heavy atom. The first-order valence-electron chi connectivity index (χ1n) is 6.97. The highest BCUT2D eigenvalue weighted by atomic mass is 16.6. The second-order valence-corrected chi connectivity index (χ2v) is 5.10. The summed E-state index contributed by atoms with van der Waals surface area (Å²) in [6.07, 6.45) is 2.64. The van der Waals surface area contributed by atoms with Crippen LogP contribution in [0.2, 0.25) is 0 Å². The van der Waals surface area contributed by atoms with E-state index >= 15 is 0 Å². The molecule has 0 saturated carbocycles. The summed E-state index contributed by atoms with van der Waals surface area (Å²) in [5.41, 5.74) is 3.22. The number of nitrogens with one attached hydrogen (secondary N) is 1. The van der Waals surface area contributed by atoms with Crippen LogP contribution in [-0.4, -0.2) is 11.0 Å². The highest BCUT2D eigenvalue weighted by molar-refractivity contribution is 5.86. The number of nitrogens with zero attached hydrogens (tertiary/aromatic N) is 1. The lowest BCUT2D eigenvalue weighted by atomic mass is 10.1. The molecule has 6 nitrogen and oxygen atoms in total. The highest BCUT2D eigenvalue weighted by Crippen LogP contribution is 2.25. The standard InChI is InChI=1S/C16H14N2O4/c19-16(22-15-8-6-14(7-9-15)18(20)21)17-13-5-4-11-2-1-3-12(11)10-13/h4-10H,1-3H2,(H,17,19). The molecule has 1 aliphatic carbocycles. The van der Waals surface area contributed by atoms with Crippen LogP contribution in [0.1, 0.15) is 17.5 Å². The fraction of sp³-hybridized carbons (Fsp3) is 0.188. The van der Waals surface area contributed by atoms with Crippen LogP contribution in [0.25, 0.3) is 0 Å². The number of fused-ring (bicyclic) bond motifs is 1. The number of non-ortho nitro benzene ring substituents is 1. The van der Waals surface area contributed by atoms with Crippen molar-refractivity contribution in [3.8, 4) is 5.75 Å². The van der Waals surface area contributed by atoms with Crippen molar-refractivity contribution in [2.45, 2.75) is 19.3 Å². The van der Waals surface area contributed by atoms with Gasteiger partial charge in [-0.3, -0.25) is 15.4 Å². The van der Waals surface area contributed by atoms with E-state index < -0.39 is 11.0 Å². The van der Waals surface area contributed by atoms with Crippen molar-refractivity contribution in [3.63, 3.8) is 0 Å². The fourth-order valence-electron chi connectivity index (χ4n) is 2.54. The van der Waals surface area contributed by atoms with Gasteiger partial charge < -0.3 is 4.74 Å². The molecule has 1 N–H and O–H groups in total. The van der Waals surface area contributed by atoms with Crippen molar-refractivity contribution in [1.29, 1.82) is 0 Å². The molecule has 0 spiro atoms. The fourth-order valence-corrected chi connectivity index (χ4v) is 2.54. The second-order valence-electron chi connectivity index (χ2n) is 5.10. The van der Waals surface area contributed by atoms with E-state index in [-0.39, 0.29) is 11.4 Å². The third kappa shape index (κ3) is 3.06. The van der Waals surface area contributed by atoms with Gasteiger partial charge in [-0.25, -0.2) is 4.79 Å². The van der Waals surface area contributed by atoms with Crippen LogP contribution in [0.4, 0.5) is 16.2 Å². The summed E-state index contributed by atoms with van der Waals surface area (Å²) < 4.78 is 5.10. The van der Waals surface area contributed by atoms with Gasteiger partial charge in [0.15, 0.2) is 0 Å². The third-order valence-corrected chi connectivity index (χ3v) is 3.60. The molecule has 0 aromatic heterocycles. The van der Waals surface area contributed by atoms with E-state index in [4.69, 9.17) is 4.74 Å². The number of carbonyl (C=O) groups is 1. The molecule has 1 amide bonds. The summed E-state index contributed by atoms with van der Waals surface area (Å²) in [5.74, 6) is 0.254. The first-order valence-corrected chi connectivity index (χ1v) is 6.97. The van der Waals surface area contributed by atoms with E-state index in [0.717, 1.165) is 19.3 Å². The van der Waals surface area contributed by atoms with Crippen LogP contribution in [0.5, 0.6) is 5.75 Å². The minimum atomic E-state index is -0.619. The molecule has 2 aromatic carbocycles. The zero-order chi connectivity index (χ0) is 15.5. The topological polar surface area (TPSA) is 81.5 Å². The first kappa shape index (κ1) is 14.1. The SMILES string of the molecule is O=C(Nc1ccc2c(c1)CCC2)Oc1ccc([N+](=O)[O-])cc1. The third-order valence-electron chi connectivity index (χ3n) is 3.60. The van der Waals surface area contributed by atoms with Crippen LogP contribution in [0.3, 0.4) is 0 Å². The molecule has 1 aliphatic rings. The number of hydrogen-bond acceptors (Lipinski definition) is 4. The van der Waals surface area contributed by atoms with Gasteiger partial charge in [-0.1, -0.05) is 6.07 Å². The quantitative estimate of drug-likeness (QED) is 0.692. The maximum Gasteiger partial charge on any atom is 0.417 e. The van der Waals surface area contributed by atoms with Gasteiger partial charge in [0.25, 0.3) is 5.69 Å². The monoisotopic (exact) mass is 298 g/mol. The highest BCUT2D eigenvalue weighted by Gasteiger charge is 2.13. The van der Waals surface area contributed by atoms with Crippen molar-refractivity contribution >= 4 is 17.5 Å². The summed E-state index contributed by atoms with van der Waals surface area (Å²) in [6, 6.07) is 11.2. The minimum Gasteiger partial charge on any atom is -0.410 e. The lowest BCUT2D eigenvalue weighted by molar-refractivity contribution is -0.384. The molecule has 6 heteroatoms. The van der Waals surface area contributed by atoms with Gasteiger partial charge in [0.1, 0.15) is 5.75 Å². The molecule has 2 aromatic rings. The Bertz CT molecular complexity index is 725. The average Bonchev–Trinajstić information content (AvgIpc) is 2.95. The van der Waals surface area contributed by atoms with E-state index in [1.54, 1.807) is 0 Å². The van der Waals surface area contributed by atoms with Crippen LogP contribution >= 0.6 is 0 Å². The van der Waals surface area contributed by atoms with Crippen molar-refractivity contribution in [2.75, 3.05) is 5.32 Å². The molecule has 0 fully saturated rings. The molecule has 0 heterocycles. The van der Waals surface area contributed by atoms with Crippen molar-refractivity contribution in [2.24, 2.45) is 0 Å². The Hall–Kier alpha value is -2.89. The summed E-state index contributed by atoms with van der Waals surface area (Å²) in [7, 11) is 0. The van der Waals surface area contributed by atoms with Crippen molar-refractivity contribution in [1.82, 2.24) is 0 Å². The number of anilines is 1. The Morgan fingerprint density at radius 2 is 1.82 bits per heavy atom. The van der Waals surface area contributed by atoms with Gasteiger partial charge in [-0.05, 0) is 54.7 Å². The average molecular weight is 298 g/mol. The van der Waals surface area contributed by atoms with Crippen LogP contribution < -0.4 is 10.1 Å². The molecule has 0 unspecified atom stereocenters. The van der Waals surface area contributed by atoms with Crippen molar-refractivity contribution < 1.29 is 14.5 Å². The minimum absolute atomic E-state index is 0.0496. The van der Waals surface area contributed by atoms with E-state index in [0.29, 0.717) is 5.69 Å². The number of amides is 1. The molecule has 0 radical (unpaired) electrons. The molecule has 0 aliphatic heterocycles. The zero-order valence-corrected chi connectivity index (χ0v) is 11.7. The number of aryl methyl sites for hydroxylation is 2. The molecule has 22 heavy (non-hydrogen) atoms. The van der Waals surface area contributed by atoms with E-state index in [1.807, 2.05) is 18.2 Å². The summed E-state index contributed by atoms with van der Waals surface area (Å²) in [6.45, 7) is 0. The lowest BCUT2D eigenvalue weighted by Crippen LogP contribution is -2.16. The number of ether oxygens (including phenoxy) is 1. The van der Waals surface area contributed by atoms with Crippen LogP contribution in [0, 0.1) is 10.1 Å². The van der Waals surface area contributed by atoms with Gasteiger partial charge in [0.2, 0.25) is 0 Å². The lowest BCUT2D eigenvalue weighted by Gasteiger charge is -2.08. The molecule has 0 saturated heterocycles. The predicted octanol–water partition coefficient (Wildman–Crippen LogP) is 3.69. The number of rotatable bonds is 3. The maximum absolute atomic E-state index is 11.8. The summed E-state index contributed by atoms with van der Waals surface area (Å²) in [4.78, 5) is 21.9. The zero-order valence-electron chi connectivity index (χ0n) is 11.7. The first-order chi connectivity index (χ1) is 10.6. The number of nitro groups is 1. The van der Waals surface area contributed by atoms with E-state index in [9.17, 15) is 14.9 Å². The number of carbonyl (C=O) groups excluding carboxylic acids is 1. The van der Waals surface area contributed by atoms with Crippen LogP contribution in [0.15, 0.2) is 42.5 Å². The van der Waals surface area contributed by atoms with Gasteiger partial charge in [0, 0.05) is 17.8 Å². The van der Waals surface area contributed by atoms with Crippen LogP contribution in [-0.2, 0) is 12.8 Å². The number of benzene rings is 2. The second kappa shape index (κ2) is 5.85. The van der Waals surface area contributed by atoms with Crippen molar-refractivity contribution in [3.05, 3.63) is 63.7 Å². The Balaban J connectivity index is 1.63. The van der Waals surface area contributed by atoms with Gasteiger partial charge in [-0.2, -0.15) is 0 Å².